The van der Waals surface area contributed by atoms with Gasteiger partial charge in [0.1, 0.15) is 0 Å². The summed E-state index contributed by atoms with van der Waals surface area (Å²) < 4.78 is 0. The number of amides is 4. The molecule has 0 aromatic heterocycles. The van der Waals surface area contributed by atoms with Gasteiger partial charge in [-0.1, -0.05) is 72.8 Å². The summed E-state index contributed by atoms with van der Waals surface area (Å²) in [4.78, 5) is 29.5. The van der Waals surface area contributed by atoms with E-state index in [1.807, 2.05) is 121 Å². The zero-order valence-electron chi connectivity index (χ0n) is 16.8. The van der Waals surface area contributed by atoms with E-state index in [9.17, 15) is 9.59 Å². The lowest BCUT2D eigenvalue weighted by Gasteiger charge is -2.26. The Hall–Kier alpha value is -4.38. The molecule has 0 aliphatic heterocycles. The molecule has 0 atom stereocenters. The van der Waals surface area contributed by atoms with Crippen molar-refractivity contribution < 1.29 is 9.59 Å². The molecule has 0 heterocycles. The van der Waals surface area contributed by atoms with Crippen LogP contribution >= 0.6 is 0 Å². The number of hydrogen-bond acceptors (Lipinski definition) is 2. The molecule has 0 aliphatic rings. The lowest BCUT2D eigenvalue weighted by atomic mass is 10.2. The molecule has 1 N–H and O–H groups in total. The number of nitrogens with zero attached hydrogens (tertiary/aromatic N) is 2. The highest BCUT2D eigenvalue weighted by Crippen LogP contribution is 2.27. The highest BCUT2D eigenvalue weighted by molar-refractivity contribution is 6.12. The van der Waals surface area contributed by atoms with Gasteiger partial charge in [0.25, 0.3) is 0 Å². The van der Waals surface area contributed by atoms with Crippen LogP contribution in [-0.2, 0) is 0 Å². The third kappa shape index (κ3) is 4.62. The summed E-state index contributed by atoms with van der Waals surface area (Å²) in [6.07, 6.45) is 0. The Morgan fingerprint density at radius 3 is 0.871 bits per heavy atom. The fourth-order valence-electron chi connectivity index (χ4n) is 3.28. The van der Waals surface area contributed by atoms with Crippen LogP contribution in [0.2, 0.25) is 0 Å². The highest BCUT2D eigenvalue weighted by Gasteiger charge is 2.24. The number of hydrogen-bond donors (Lipinski definition) is 1. The first-order valence-corrected chi connectivity index (χ1v) is 9.89. The third-order valence-corrected chi connectivity index (χ3v) is 4.68. The van der Waals surface area contributed by atoms with Gasteiger partial charge in [0.05, 0.1) is 22.7 Å². The predicted octanol–water partition coefficient (Wildman–Crippen LogP) is 6.49. The molecule has 5 nitrogen and oxygen atoms in total. The summed E-state index contributed by atoms with van der Waals surface area (Å²) in [7, 11) is 0. The molecule has 5 heteroatoms. The van der Waals surface area contributed by atoms with Crippen molar-refractivity contribution in [3.63, 3.8) is 0 Å². The minimum Gasteiger partial charge on any atom is -0.263 e. The van der Waals surface area contributed by atoms with Gasteiger partial charge in [-0.15, -0.1) is 0 Å². The lowest BCUT2D eigenvalue weighted by Crippen LogP contribution is -2.46. The SMILES string of the molecule is O=C(NC(=O)N(c1ccccc1)c1ccccc1)N(c1ccccc1)c1ccccc1. The van der Waals surface area contributed by atoms with E-state index in [2.05, 4.69) is 5.32 Å². The zero-order chi connectivity index (χ0) is 21.5. The normalized spacial score (nSPS) is 10.2. The van der Waals surface area contributed by atoms with Gasteiger partial charge in [-0.05, 0) is 48.5 Å². The molecule has 4 aromatic rings. The van der Waals surface area contributed by atoms with Gasteiger partial charge in [-0.2, -0.15) is 0 Å². The molecule has 31 heavy (non-hydrogen) atoms. The van der Waals surface area contributed by atoms with Crippen molar-refractivity contribution in [3.8, 4) is 0 Å². The van der Waals surface area contributed by atoms with Crippen LogP contribution in [0.1, 0.15) is 0 Å². The number of imide groups is 1. The van der Waals surface area contributed by atoms with E-state index in [0.717, 1.165) is 0 Å². The maximum atomic E-state index is 13.3. The topological polar surface area (TPSA) is 52.7 Å². The van der Waals surface area contributed by atoms with E-state index in [1.165, 1.54) is 9.80 Å². The molecule has 0 spiro atoms. The first-order valence-electron chi connectivity index (χ1n) is 9.89. The molecular weight excluding hydrogens is 386 g/mol. The summed E-state index contributed by atoms with van der Waals surface area (Å²) >= 11 is 0. The Morgan fingerprint density at radius 1 is 0.419 bits per heavy atom. The van der Waals surface area contributed by atoms with Crippen molar-refractivity contribution in [2.45, 2.75) is 0 Å². The van der Waals surface area contributed by atoms with Crippen molar-refractivity contribution >= 4 is 34.8 Å². The van der Waals surface area contributed by atoms with Gasteiger partial charge < -0.3 is 0 Å². The Labute approximate surface area is 181 Å². The first-order chi connectivity index (χ1) is 15.2. The smallest absolute Gasteiger partial charge is 0.263 e. The van der Waals surface area contributed by atoms with E-state index in [0.29, 0.717) is 22.7 Å². The largest absolute Gasteiger partial charge is 0.334 e. The molecule has 4 rings (SSSR count). The molecular formula is C26H21N3O2. The molecule has 0 bridgehead atoms. The summed E-state index contributed by atoms with van der Waals surface area (Å²) in [5.74, 6) is 0. The zero-order valence-corrected chi connectivity index (χ0v) is 16.8. The van der Waals surface area contributed by atoms with Gasteiger partial charge in [-0.25, -0.2) is 9.59 Å². The van der Waals surface area contributed by atoms with E-state index >= 15 is 0 Å². The molecule has 4 amide bonds. The average Bonchev–Trinajstić information content (AvgIpc) is 2.82. The number of nitrogens with one attached hydrogen (secondary N) is 1. The van der Waals surface area contributed by atoms with Crippen LogP contribution in [-0.4, -0.2) is 12.1 Å². The Morgan fingerprint density at radius 2 is 0.645 bits per heavy atom. The molecule has 0 aliphatic carbocycles. The van der Waals surface area contributed by atoms with Crippen molar-refractivity contribution in [2.75, 3.05) is 9.80 Å². The monoisotopic (exact) mass is 407 g/mol. The summed E-state index contributed by atoms with van der Waals surface area (Å²) in [5, 5.41) is 2.55. The number of carbonyl (C=O) groups is 2. The van der Waals surface area contributed by atoms with E-state index in [4.69, 9.17) is 0 Å². The minimum absolute atomic E-state index is 0.542. The van der Waals surface area contributed by atoms with Crippen LogP contribution in [0.25, 0.3) is 0 Å². The van der Waals surface area contributed by atoms with Crippen molar-refractivity contribution in [1.82, 2.24) is 5.32 Å². The van der Waals surface area contributed by atoms with E-state index in [-0.39, 0.29) is 0 Å². The van der Waals surface area contributed by atoms with Gasteiger partial charge in [0.2, 0.25) is 0 Å². The standard InChI is InChI=1S/C26H21N3O2/c30-25(28(21-13-5-1-6-14-21)22-15-7-2-8-16-22)27-26(31)29(23-17-9-3-10-18-23)24-19-11-4-12-20-24/h1-20H,(H,27,30,31). The Balaban J connectivity index is 1.66. The van der Waals surface area contributed by atoms with Crippen molar-refractivity contribution in [2.24, 2.45) is 0 Å². The summed E-state index contributed by atoms with van der Waals surface area (Å²) in [6.45, 7) is 0. The van der Waals surface area contributed by atoms with Crippen LogP contribution < -0.4 is 15.1 Å². The maximum Gasteiger partial charge on any atom is 0.334 e. The van der Waals surface area contributed by atoms with Crippen molar-refractivity contribution in [1.29, 1.82) is 0 Å². The molecule has 0 saturated heterocycles. The molecule has 0 saturated carbocycles. The van der Waals surface area contributed by atoms with Gasteiger partial charge >= 0.3 is 12.1 Å². The summed E-state index contributed by atoms with van der Waals surface area (Å²) in [5.41, 5.74) is 2.63. The molecule has 4 aromatic carbocycles. The highest BCUT2D eigenvalue weighted by atomic mass is 16.2. The quantitative estimate of drug-likeness (QED) is 0.420. The van der Waals surface area contributed by atoms with Gasteiger partial charge in [-0.3, -0.25) is 15.1 Å². The van der Waals surface area contributed by atoms with Crippen molar-refractivity contribution in [3.05, 3.63) is 121 Å². The number of carbonyl (C=O) groups excluding carboxylic acids is 2. The summed E-state index contributed by atoms with van der Waals surface area (Å²) in [6, 6.07) is 35.8. The average molecular weight is 407 g/mol. The number of urea groups is 2. The fourth-order valence-corrected chi connectivity index (χ4v) is 3.28. The number of anilines is 4. The molecule has 0 unspecified atom stereocenters. The predicted molar refractivity (Wildman–Crippen MR) is 124 cm³/mol. The second-order valence-electron chi connectivity index (χ2n) is 6.75. The van der Waals surface area contributed by atoms with E-state index in [1.54, 1.807) is 0 Å². The molecule has 0 radical (unpaired) electrons. The fraction of sp³-hybridized carbons (Fsp3) is 0. The second kappa shape index (κ2) is 9.41. The third-order valence-electron chi connectivity index (χ3n) is 4.68. The molecule has 0 fully saturated rings. The molecule has 152 valence electrons. The maximum absolute atomic E-state index is 13.3. The number of rotatable bonds is 4. The van der Waals surface area contributed by atoms with Crippen LogP contribution in [0, 0.1) is 0 Å². The minimum atomic E-state index is -0.542. The number of para-hydroxylation sites is 4. The lowest BCUT2D eigenvalue weighted by molar-refractivity contribution is 0.236. The van der Waals surface area contributed by atoms with Gasteiger partial charge in [0, 0.05) is 0 Å². The van der Waals surface area contributed by atoms with Gasteiger partial charge in [0.15, 0.2) is 0 Å². The Bertz CT molecular complexity index is 962. The first kappa shape index (κ1) is 19.9. The van der Waals surface area contributed by atoms with Crippen LogP contribution in [0.4, 0.5) is 32.3 Å². The van der Waals surface area contributed by atoms with E-state index < -0.39 is 12.1 Å². The second-order valence-corrected chi connectivity index (χ2v) is 6.75. The van der Waals surface area contributed by atoms with Crippen LogP contribution in [0.15, 0.2) is 121 Å². The van der Waals surface area contributed by atoms with Crippen LogP contribution in [0.3, 0.4) is 0 Å². The number of benzene rings is 4. The van der Waals surface area contributed by atoms with Crippen LogP contribution in [0.5, 0.6) is 0 Å². The Kier molecular flexibility index (Phi) is 6.05.